The Labute approximate surface area is 120 Å². The maximum absolute atomic E-state index is 13.8. The van der Waals surface area contributed by atoms with Gasteiger partial charge >= 0.3 is 0 Å². The van der Waals surface area contributed by atoms with Crippen LogP contribution in [0.25, 0.3) is 0 Å². The van der Waals surface area contributed by atoms with E-state index < -0.39 is 23.5 Å². The predicted octanol–water partition coefficient (Wildman–Crippen LogP) is 4.31. The van der Waals surface area contributed by atoms with E-state index >= 15 is 0 Å². The van der Waals surface area contributed by atoms with Crippen molar-refractivity contribution < 1.29 is 13.2 Å². The Morgan fingerprint density at radius 3 is 2.45 bits per heavy atom. The van der Waals surface area contributed by atoms with Crippen LogP contribution in [0.15, 0.2) is 30.3 Å². The number of hydrogen-bond donors (Lipinski definition) is 1. The number of nitrogens with two attached hydrogens (primary N) is 1. The number of hydrogen-bond acceptors (Lipinski definition) is 1. The smallest absolute Gasteiger partial charge is 0.163 e. The van der Waals surface area contributed by atoms with Gasteiger partial charge in [-0.15, -0.1) is 0 Å². The van der Waals surface area contributed by atoms with E-state index in [-0.39, 0.29) is 22.6 Å². The van der Waals surface area contributed by atoms with Gasteiger partial charge in [0.15, 0.2) is 11.6 Å². The van der Waals surface area contributed by atoms with Crippen LogP contribution in [0.3, 0.4) is 0 Å². The molecule has 0 aromatic heterocycles. The summed E-state index contributed by atoms with van der Waals surface area (Å²) in [6, 6.07) is 6.07. The second kappa shape index (κ2) is 5.85. The number of benzene rings is 2. The van der Waals surface area contributed by atoms with Crippen molar-refractivity contribution in [1.29, 1.82) is 0 Å². The largest absolute Gasteiger partial charge is 0.324 e. The third-order valence-corrected chi connectivity index (χ3v) is 3.51. The first-order chi connectivity index (χ1) is 9.40. The maximum Gasteiger partial charge on any atom is 0.163 e. The third-order valence-electron chi connectivity index (χ3n) is 3.16. The Hall–Kier alpha value is -1.52. The number of rotatable bonds is 3. The van der Waals surface area contributed by atoms with E-state index in [2.05, 4.69) is 0 Å². The molecule has 0 fully saturated rings. The van der Waals surface area contributed by atoms with Gasteiger partial charge in [-0.25, -0.2) is 13.2 Å². The predicted molar refractivity (Wildman–Crippen MR) is 73.1 cm³/mol. The zero-order valence-electron chi connectivity index (χ0n) is 10.8. The van der Waals surface area contributed by atoms with Crippen LogP contribution in [0.4, 0.5) is 13.2 Å². The van der Waals surface area contributed by atoms with E-state index in [4.69, 9.17) is 17.3 Å². The molecule has 0 saturated carbocycles. The van der Waals surface area contributed by atoms with Crippen LogP contribution in [0.5, 0.6) is 0 Å². The van der Waals surface area contributed by atoms with Crippen LogP contribution in [-0.4, -0.2) is 0 Å². The van der Waals surface area contributed by atoms with Crippen molar-refractivity contribution in [2.45, 2.75) is 19.4 Å². The summed E-state index contributed by atoms with van der Waals surface area (Å²) in [4.78, 5) is 0. The van der Waals surface area contributed by atoms with E-state index in [0.29, 0.717) is 5.56 Å². The molecule has 20 heavy (non-hydrogen) atoms. The average Bonchev–Trinajstić information content (AvgIpc) is 2.39. The first-order valence-electron chi connectivity index (χ1n) is 6.04. The molecule has 0 saturated heterocycles. The molecule has 0 bridgehead atoms. The first-order valence-corrected chi connectivity index (χ1v) is 6.42. The molecule has 0 amide bonds. The average molecular weight is 300 g/mol. The van der Waals surface area contributed by atoms with Crippen LogP contribution in [0.1, 0.15) is 22.7 Å². The van der Waals surface area contributed by atoms with Crippen LogP contribution in [0, 0.1) is 24.4 Å². The number of aryl methyl sites for hydroxylation is 1. The van der Waals surface area contributed by atoms with Gasteiger partial charge in [0.1, 0.15) is 5.82 Å². The minimum absolute atomic E-state index is 0.0773. The van der Waals surface area contributed by atoms with E-state index in [1.807, 2.05) is 0 Å². The highest BCUT2D eigenvalue weighted by atomic mass is 35.5. The molecule has 1 unspecified atom stereocenters. The fourth-order valence-corrected chi connectivity index (χ4v) is 2.23. The van der Waals surface area contributed by atoms with Crippen LogP contribution in [-0.2, 0) is 6.42 Å². The molecule has 1 nitrogen and oxygen atoms in total. The molecule has 0 aliphatic heterocycles. The van der Waals surface area contributed by atoms with Crippen molar-refractivity contribution >= 4 is 11.6 Å². The second-order valence-corrected chi connectivity index (χ2v) is 5.05. The van der Waals surface area contributed by atoms with E-state index in [1.165, 1.54) is 31.2 Å². The molecule has 0 aliphatic carbocycles. The lowest BCUT2D eigenvalue weighted by Crippen LogP contribution is -2.16. The summed E-state index contributed by atoms with van der Waals surface area (Å²) in [6.07, 6.45) is 0.193. The zero-order chi connectivity index (χ0) is 14.9. The van der Waals surface area contributed by atoms with Gasteiger partial charge in [0.2, 0.25) is 0 Å². The highest BCUT2D eigenvalue weighted by molar-refractivity contribution is 6.31. The molecule has 5 heteroatoms. The summed E-state index contributed by atoms with van der Waals surface area (Å²) < 4.78 is 40.3. The first kappa shape index (κ1) is 14.9. The second-order valence-electron chi connectivity index (χ2n) is 4.65. The van der Waals surface area contributed by atoms with Crippen LogP contribution in [0.2, 0.25) is 5.02 Å². The Kier molecular flexibility index (Phi) is 4.35. The Morgan fingerprint density at radius 1 is 1.10 bits per heavy atom. The van der Waals surface area contributed by atoms with Crippen molar-refractivity contribution in [3.63, 3.8) is 0 Å². The van der Waals surface area contributed by atoms with Crippen molar-refractivity contribution in [3.05, 3.63) is 69.5 Å². The van der Waals surface area contributed by atoms with Gasteiger partial charge in [-0.2, -0.15) is 0 Å². The molecule has 1 atom stereocenters. The minimum atomic E-state index is -0.948. The zero-order valence-corrected chi connectivity index (χ0v) is 11.5. The Bertz CT molecular complexity index is 643. The van der Waals surface area contributed by atoms with Gasteiger partial charge in [-0.1, -0.05) is 29.8 Å². The normalized spacial score (nSPS) is 12.5. The molecule has 2 rings (SSSR count). The summed E-state index contributed by atoms with van der Waals surface area (Å²) in [5, 5.41) is 0.216. The molecule has 0 aliphatic rings. The van der Waals surface area contributed by atoms with E-state index in [9.17, 15) is 13.2 Å². The summed E-state index contributed by atoms with van der Waals surface area (Å²) in [5.74, 6) is -2.31. The Balaban J connectivity index is 2.28. The van der Waals surface area contributed by atoms with Gasteiger partial charge in [-0.05, 0) is 36.6 Å². The fraction of sp³-hybridized carbons (Fsp3) is 0.200. The molecule has 0 spiro atoms. The van der Waals surface area contributed by atoms with Crippen molar-refractivity contribution in [2.75, 3.05) is 0 Å². The van der Waals surface area contributed by atoms with Crippen molar-refractivity contribution in [2.24, 2.45) is 5.73 Å². The van der Waals surface area contributed by atoms with Gasteiger partial charge < -0.3 is 5.73 Å². The summed E-state index contributed by atoms with van der Waals surface area (Å²) in [6.45, 7) is 1.48. The summed E-state index contributed by atoms with van der Waals surface area (Å²) in [7, 11) is 0. The van der Waals surface area contributed by atoms with E-state index in [1.54, 1.807) is 0 Å². The highest BCUT2D eigenvalue weighted by Gasteiger charge is 2.18. The van der Waals surface area contributed by atoms with Gasteiger partial charge in [0.25, 0.3) is 0 Å². The lowest BCUT2D eigenvalue weighted by Gasteiger charge is -2.15. The van der Waals surface area contributed by atoms with Gasteiger partial charge in [-0.3, -0.25) is 0 Å². The monoisotopic (exact) mass is 299 g/mol. The van der Waals surface area contributed by atoms with Crippen molar-refractivity contribution in [1.82, 2.24) is 0 Å². The van der Waals surface area contributed by atoms with Gasteiger partial charge in [0, 0.05) is 16.6 Å². The van der Waals surface area contributed by atoms with Crippen LogP contribution < -0.4 is 5.73 Å². The third kappa shape index (κ3) is 2.97. The quantitative estimate of drug-likeness (QED) is 0.898. The molecule has 0 heterocycles. The Morgan fingerprint density at radius 2 is 1.80 bits per heavy atom. The standard InChI is InChI=1S/C15H13ClF3N/c1-8-2-5-11(15(19)14(8)18)13(20)6-9-3-4-10(17)7-12(9)16/h2-5,7,13H,6,20H2,1H3. The molecule has 2 aromatic rings. The fourth-order valence-electron chi connectivity index (χ4n) is 1.98. The summed E-state index contributed by atoms with van der Waals surface area (Å²) in [5.41, 5.74) is 6.78. The van der Waals surface area contributed by atoms with Gasteiger partial charge in [0.05, 0.1) is 0 Å². The van der Waals surface area contributed by atoms with Crippen molar-refractivity contribution in [3.8, 4) is 0 Å². The maximum atomic E-state index is 13.8. The summed E-state index contributed by atoms with van der Waals surface area (Å²) >= 11 is 5.89. The molecule has 2 aromatic carbocycles. The van der Waals surface area contributed by atoms with Crippen LogP contribution >= 0.6 is 11.6 Å². The topological polar surface area (TPSA) is 26.0 Å². The molecular formula is C15H13ClF3N. The molecule has 106 valence electrons. The minimum Gasteiger partial charge on any atom is -0.324 e. The molecular weight excluding hydrogens is 287 g/mol. The lowest BCUT2D eigenvalue weighted by molar-refractivity contribution is 0.483. The molecule has 2 N–H and O–H groups in total. The lowest BCUT2D eigenvalue weighted by atomic mass is 9.98. The van der Waals surface area contributed by atoms with E-state index in [0.717, 1.165) is 6.07 Å². The highest BCUT2D eigenvalue weighted by Crippen LogP contribution is 2.26. The number of halogens is 4. The molecule has 0 radical (unpaired) electrons. The SMILES string of the molecule is Cc1ccc(C(N)Cc2ccc(F)cc2Cl)c(F)c1F.